The highest BCUT2D eigenvalue weighted by Gasteiger charge is 2.08. The Hall–Kier alpha value is -1.61. The largest absolute Gasteiger partial charge is 0.310 e. The van der Waals surface area contributed by atoms with Gasteiger partial charge in [0.25, 0.3) is 0 Å². The van der Waals surface area contributed by atoms with E-state index in [1.165, 1.54) is 11.1 Å². The molecule has 0 aliphatic rings. The van der Waals surface area contributed by atoms with Crippen LogP contribution in [0.3, 0.4) is 0 Å². The average Bonchev–Trinajstić information content (AvgIpc) is 2.86. The molecule has 1 heterocycles. The van der Waals surface area contributed by atoms with E-state index < -0.39 is 0 Å². The molecule has 0 saturated heterocycles. The number of benzene rings is 1. The molecular formula is C16H23N3. The highest BCUT2D eigenvalue weighted by Crippen LogP contribution is 2.18. The van der Waals surface area contributed by atoms with Crippen molar-refractivity contribution in [3.63, 3.8) is 0 Å². The molecule has 1 aromatic heterocycles. The van der Waals surface area contributed by atoms with Crippen LogP contribution in [0.15, 0.2) is 42.7 Å². The maximum absolute atomic E-state index is 4.21. The minimum atomic E-state index is 0.358. The first kappa shape index (κ1) is 13.8. The fourth-order valence-electron chi connectivity index (χ4n) is 2.25. The molecule has 0 spiro atoms. The van der Waals surface area contributed by atoms with Crippen LogP contribution < -0.4 is 5.32 Å². The SMILES string of the molecule is CC(CCNC(C)c1cnn(C)c1)c1ccccc1. The average molecular weight is 257 g/mol. The number of hydrogen-bond acceptors (Lipinski definition) is 2. The van der Waals surface area contributed by atoms with Crippen LogP contribution in [0.25, 0.3) is 0 Å². The van der Waals surface area contributed by atoms with Gasteiger partial charge in [-0.3, -0.25) is 4.68 Å². The van der Waals surface area contributed by atoms with Gasteiger partial charge in [0, 0.05) is 24.8 Å². The van der Waals surface area contributed by atoms with Crippen molar-refractivity contribution in [1.29, 1.82) is 0 Å². The van der Waals surface area contributed by atoms with E-state index in [2.05, 4.69) is 60.8 Å². The molecule has 0 fully saturated rings. The third kappa shape index (κ3) is 3.93. The second-order valence-electron chi connectivity index (χ2n) is 5.22. The Morgan fingerprint density at radius 3 is 2.53 bits per heavy atom. The van der Waals surface area contributed by atoms with E-state index in [-0.39, 0.29) is 0 Å². The normalized spacial score (nSPS) is 14.3. The predicted octanol–water partition coefficient (Wildman–Crippen LogP) is 3.26. The number of aromatic nitrogens is 2. The van der Waals surface area contributed by atoms with Crippen molar-refractivity contribution >= 4 is 0 Å². The molecule has 1 N–H and O–H groups in total. The number of nitrogens with zero attached hydrogens (tertiary/aromatic N) is 2. The summed E-state index contributed by atoms with van der Waals surface area (Å²) < 4.78 is 1.85. The van der Waals surface area contributed by atoms with Crippen LogP contribution in [0, 0.1) is 0 Å². The molecule has 19 heavy (non-hydrogen) atoms. The highest BCUT2D eigenvalue weighted by atomic mass is 15.2. The summed E-state index contributed by atoms with van der Waals surface area (Å²) >= 11 is 0. The van der Waals surface area contributed by atoms with Crippen molar-refractivity contribution in [1.82, 2.24) is 15.1 Å². The maximum atomic E-state index is 4.21. The maximum Gasteiger partial charge on any atom is 0.0537 e. The van der Waals surface area contributed by atoms with Gasteiger partial charge in [-0.2, -0.15) is 5.10 Å². The molecule has 0 saturated carbocycles. The fraction of sp³-hybridized carbons (Fsp3) is 0.438. The van der Waals surface area contributed by atoms with Gasteiger partial charge < -0.3 is 5.32 Å². The van der Waals surface area contributed by atoms with Gasteiger partial charge in [0.15, 0.2) is 0 Å². The number of aryl methyl sites for hydroxylation is 1. The number of nitrogens with one attached hydrogen (secondary N) is 1. The Balaban J connectivity index is 1.77. The number of hydrogen-bond donors (Lipinski definition) is 1. The summed E-state index contributed by atoms with van der Waals surface area (Å²) in [4.78, 5) is 0. The Bertz CT molecular complexity index is 490. The van der Waals surface area contributed by atoms with E-state index in [0.29, 0.717) is 12.0 Å². The predicted molar refractivity (Wildman–Crippen MR) is 79.1 cm³/mol. The van der Waals surface area contributed by atoms with Crippen LogP contribution in [0.5, 0.6) is 0 Å². The lowest BCUT2D eigenvalue weighted by molar-refractivity contribution is 0.531. The van der Waals surface area contributed by atoms with Crippen LogP contribution >= 0.6 is 0 Å². The minimum Gasteiger partial charge on any atom is -0.310 e. The summed E-state index contributed by atoms with van der Waals surface area (Å²) in [5, 5.41) is 7.76. The van der Waals surface area contributed by atoms with Gasteiger partial charge in [0.05, 0.1) is 6.20 Å². The van der Waals surface area contributed by atoms with Crippen LogP contribution in [-0.4, -0.2) is 16.3 Å². The molecule has 0 radical (unpaired) electrons. The van der Waals surface area contributed by atoms with Gasteiger partial charge in [-0.15, -0.1) is 0 Å². The van der Waals surface area contributed by atoms with E-state index in [4.69, 9.17) is 0 Å². The second kappa shape index (κ2) is 6.53. The quantitative estimate of drug-likeness (QED) is 0.860. The molecule has 2 unspecified atom stereocenters. The van der Waals surface area contributed by atoms with Crippen molar-refractivity contribution in [2.45, 2.75) is 32.2 Å². The first-order valence-corrected chi connectivity index (χ1v) is 6.93. The Labute approximate surface area is 115 Å². The van der Waals surface area contributed by atoms with E-state index in [9.17, 15) is 0 Å². The van der Waals surface area contributed by atoms with Crippen LogP contribution in [-0.2, 0) is 7.05 Å². The molecule has 102 valence electrons. The summed E-state index contributed by atoms with van der Waals surface area (Å²) in [5.74, 6) is 0.592. The lowest BCUT2D eigenvalue weighted by Gasteiger charge is -2.15. The molecule has 2 rings (SSSR count). The zero-order chi connectivity index (χ0) is 13.7. The first-order valence-electron chi connectivity index (χ1n) is 6.93. The second-order valence-corrected chi connectivity index (χ2v) is 5.22. The lowest BCUT2D eigenvalue weighted by Crippen LogP contribution is -2.20. The molecule has 0 aliphatic carbocycles. The molecule has 2 atom stereocenters. The molecule has 1 aromatic carbocycles. The van der Waals surface area contributed by atoms with Crippen molar-refractivity contribution in [3.05, 3.63) is 53.9 Å². The van der Waals surface area contributed by atoms with Crippen LogP contribution in [0.4, 0.5) is 0 Å². The Morgan fingerprint density at radius 1 is 1.16 bits per heavy atom. The van der Waals surface area contributed by atoms with Crippen LogP contribution in [0.2, 0.25) is 0 Å². The summed E-state index contributed by atoms with van der Waals surface area (Å²) in [7, 11) is 1.95. The standard InChI is InChI=1S/C16H23N3/c1-13(15-7-5-4-6-8-15)9-10-17-14(2)16-11-18-19(3)12-16/h4-8,11-14,17H,9-10H2,1-3H3. The molecule has 2 aromatic rings. The fourth-order valence-corrected chi connectivity index (χ4v) is 2.25. The monoisotopic (exact) mass is 257 g/mol. The van der Waals surface area contributed by atoms with Gasteiger partial charge >= 0.3 is 0 Å². The molecule has 3 heteroatoms. The molecule has 3 nitrogen and oxygen atoms in total. The topological polar surface area (TPSA) is 29.9 Å². The van der Waals surface area contributed by atoms with Crippen molar-refractivity contribution in [2.75, 3.05) is 6.54 Å². The van der Waals surface area contributed by atoms with Crippen molar-refractivity contribution < 1.29 is 0 Å². The van der Waals surface area contributed by atoms with Gasteiger partial charge in [0.1, 0.15) is 0 Å². The van der Waals surface area contributed by atoms with Gasteiger partial charge in [-0.1, -0.05) is 37.3 Å². The smallest absolute Gasteiger partial charge is 0.0537 e. The summed E-state index contributed by atoms with van der Waals surface area (Å²) in [6.07, 6.45) is 5.14. The van der Waals surface area contributed by atoms with Crippen LogP contribution in [0.1, 0.15) is 43.4 Å². The minimum absolute atomic E-state index is 0.358. The molecule has 0 bridgehead atoms. The van der Waals surface area contributed by atoms with E-state index >= 15 is 0 Å². The van der Waals surface area contributed by atoms with Crippen molar-refractivity contribution in [2.24, 2.45) is 7.05 Å². The first-order chi connectivity index (χ1) is 9.16. The zero-order valence-electron chi connectivity index (χ0n) is 12.0. The van der Waals surface area contributed by atoms with Gasteiger partial charge in [0.2, 0.25) is 0 Å². The summed E-state index contributed by atoms with van der Waals surface area (Å²) in [5.41, 5.74) is 2.66. The zero-order valence-corrected chi connectivity index (χ0v) is 12.0. The third-order valence-electron chi connectivity index (χ3n) is 3.62. The summed E-state index contributed by atoms with van der Waals surface area (Å²) in [6, 6.07) is 11.1. The molecule has 0 aliphatic heterocycles. The molecular weight excluding hydrogens is 234 g/mol. The number of rotatable bonds is 6. The lowest BCUT2D eigenvalue weighted by atomic mass is 9.98. The van der Waals surface area contributed by atoms with Gasteiger partial charge in [-0.05, 0) is 31.4 Å². The van der Waals surface area contributed by atoms with E-state index in [1.54, 1.807) is 0 Å². The Morgan fingerprint density at radius 2 is 1.89 bits per heavy atom. The third-order valence-corrected chi connectivity index (χ3v) is 3.62. The molecule has 0 amide bonds. The Kier molecular flexibility index (Phi) is 4.74. The van der Waals surface area contributed by atoms with Crippen molar-refractivity contribution in [3.8, 4) is 0 Å². The van der Waals surface area contributed by atoms with Gasteiger partial charge in [-0.25, -0.2) is 0 Å². The summed E-state index contributed by atoms with van der Waals surface area (Å²) in [6.45, 7) is 5.49. The highest BCUT2D eigenvalue weighted by molar-refractivity contribution is 5.18. The van der Waals surface area contributed by atoms with E-state index in [0.717, 1.165) is 13.0 Å². The van der Waals surface area contributed by atoms with E-state index in [1.807, 2.05) is 17.9 Å².